The number of fused-ring (bicyclic) bond motifs is 5. The van der Waals surface area contributed by atoms with Gasteiger partial charge < -0.3 is 14.8 Å². The lowest BCUT2D eigenvalue weighted by Crippen LogP contribution is -2.52. The SMILES string of the molecule is C[C@H](NC(=O)OCC(Cl)(Cl)Cl)[C@H]1CCC2C3CC=C4C[C@@H](OCCCCCCI)CC[C@]4(C)C3CC[C@@]21C. The number of carbonyl (C=O) groups is 1. The maximum absolute atomic E-state index is 12.4. The van der Waals surface area contributed by atoms with E-state index in [1.54, 1.807) is 5.57 Å². The summed E-state index contributed by atoms with van der Waals surface area (Å²) in [7, 11) is 0. The molecule has 0 radical (unpaired) electrons. The summed E-state index contributed by atoms with van der Waals surface area (Å²) in [5.74, 6) is 2.66. The number of alkyl carbamates (subject to hydrolysis) is 1. The maximum Gasteiger partial charge on any atom is 0.407 e. The molecular weight excluding hydrogens is 656 g/mol. The molecule has 0 bridgehead atoms. The molecule has 4 aliphatic carbocycles. The summed E-state index contributed by atoms with van der Waals surface area (Å²) in [5.41, 5.74) is 2.25. The van der Waals surface area contributed by atoms with E-state index in [0.29, 0.717) is 23.4 Å². The topological polar surface area (TPSA) is 47.6 Å². The first-order valence-electron chi connectivity index (χ1n) is 14.8. The van der Waals surface area contributed by atoms with Crippen molar-refractivity contribution in [1.29, 1.82) is 0 Å². The Morgan fingerprint density at radius 3 is 2.61 bits per heavy atom. The lowest BCUT2D eigenvalue weighted by molar-refractivity contribution is -0.0609. The van der Waals surface area contributed by atoms with E-state index < -0.39 is 9.89 Å². The van der Waals surface area contributed by atoms with Crippen LogP contribution in [-0.2, 0) is 9.47 Å². The van der Waals surface area contributed by atoms with Gasteiger partial charge in [-0.2, -0.15) is 0 Å². The minimum atomic E-state index is -1.59. The van der Waals surface area contributed by atoms with Crippen molar-refractivity contribution in [3.05, 3.63) is 11.6 Å². The number of hydrogen-bond donors (Lipinski definition) is 1. The average molecular weight is 703 g/mol. The number of amides is 1. The Morgan fingerprint density at radius 2 is 1.87 bits per heavy atom. The molecular formula is C30H47Cl3INO3. The summed E-state index contributed by atoms with van der Waals surface area (Å²) in [4.78, 5) is 12.4. The maximum atomic E-state index is 12.4. The molecule has 0 saturated heterocycles. The Hall–Kier alpha value is 0.570. The van der Waals surface area contributed by atoms with Crippen LogP contribution in [0, 0.1) is 34.5 Å². The highest BCUT2D eigenvalue weighted by Gasteiger charge is 2.59. The Balaban J connectivity index is 1.34. The third-order valence-electron chi connectivity index (χ3n) is 10.8. The van der Waals surface area contributed by atoms with E-state index in [1.807, 2.05) is 0 Å². The van der Waals surface area contributed by atoms with Gasteiger partial charge in [0.1, 0.15) is 6.61 Å². The highest BCUT2D eigenvalue weighted by atomic mass is 127. The number of carbonyl (C=O) groups excluding carboxylic acids is 1. The fraction of sp³-hybridized carbons (Fsp3) is 0.900. The third-order valence-corrected chi connectivity index (χ3v) is 11.9. The Kier molecular flexibility index (Phi) is 11.0. The predicted octanol–water partition coefficient (Wildman–Crippen LogP) is 9.43. The van der Waals surface area contributed by atoms with Gasteiger partial charge in [0.05, 0.1) is 6.10 Å². The van der Waals surface area contributed by atoms with E-state index >= 15 is 0 Å². The number of unbranched alkanes of at least 4 members (excludes halogenated alkanes) is 3. The lowest BCUT2D eigenvalue weighted by atomic mass is 9.47. The summed E-state index contributed by atoms with van der Waals surface area (Å²) < 4.78 is 11.2. The van der Waals surface area contributed by atoms with E-state index in [9.17, 15) is 4.79 Å². The summed E-state index contributed by atoms with van der Waals surface area (Å²) in [6.45, 7) is 7.85. The van der Waals surface area contributed by atoms with Crippen LogP contribution in [-0.4, -0.2) is 39.7 Å². The van der Waals surface area contributed by atoms with Gasteiger partial charge in [0.25, 0.3) is 0 Å². The summed E-state index contributed by atoms with van der Waals surface area (Å²) in [6, 6.07) is 0.0314. The average Bonchev–Trinajstić information content (AvgIpc) is 3.22. The summed E-state index contributed by atoms with van der Waals surface area (Å²) >= 11 is 19.7. The Morgan fingerprint density at radius 1 is 1.11 bits per heavy atom. The van der Waals surface area contributed by atoms with Gasteiger partial charge in [0, 0.05) is 12.6 Å². The van der Waals surface area contributed by atoms with Gasteiger partial charge in [-0.25, -0.2) is 4.79 Å². The quantitative estimate of drug-likeness (QED) is 0.107. The fourth-order valence-electron chi connectivity index (χ4n) is 8.91. The highest BCUT2D eigenvalue weighted by Crippen LogP contribution is 2.66. The minimum Gasteiger partial charge on any atom is -0.445 e. The molecule has 0 aromatic heterocycles. The Bertz CT molecular complexity index is 851. The molecule has 4 nitrogen and oxygen atoms in total. The summed E-state index contributed by atoms with van der Waals surface area (Å²) in [5, 5.41) is 3.05. The zero-order valence-corrected chi connectivity index (χ0v) is 27.8. The number of nitrogens with one attached hydrogen (secondary N) is 1. The van der Waals surface area contributed by atoms with Crippen LogP contribution in [0.15, 0.2) is 11.6 Å². The van der Waals surface area contributed by atoms with Gasteiger partial charge in [-0.05, 0) is 110 Å². The molecule has 3 fully saturated rings. The van der Waals surface area contributed by atoms with Crippen molar-refractivity contribution in [2.75, 3.05) is 17.6 Å². The monoisotopic (exact) mass is 701 g/mol. The molecule has 3 unspecified atom stereocenters. The van der Waals surface area contributed by atoms with E-state index in [4.69, 9.17) is 44.3 Å². The van der Waals surface area contributed by atoms with Crippen LogP contribution < -0.4 is 5.32 Å². The largest absolute Gasteiger partial charge is 0.445 e. The molecule has 0 spiro atoms. The smallest absolute Gasteiger partial charge is 0.407 e. The second-order valence-electron chi connectivity index (χ2n) is 13.0. The second-order valence-corrected chi connectivity index (χ2v) is 16.5. The molecule has 0 aromatic carbocycles. The number of ether oxygens (including phenoxy) is 2. The molecule has 0 aliphatic heterocycles. The number of alkyl halides is 4. The number of rotatable bonds is 10. The number of hydrogen-bond acceptors (Lipinski definition) is 3. The van der Waals surface area contributed by atoms with Crippen molar-refractivity contribution in [2.24, 2.45) is 34.5 Å². The minimum absolute atomic E-state index is 0.0314. The summed E-state index contributed by atoms with van der Waals surface area (Å²) in [6.07, 6.45) is 17.4. The zero-order valence-electron chi connectivity index (χ0n) is 23.4. The van der Waals surface area contributed by atoms with Gasteiger partial charge >= 0.3 is 6.09 Å². The first-order valence-corrected chi connectivity index (χ1v) is 17.5. The van der Waals surface area contributed by atoms with Crippen molar-refractivity contribution in [1.82, 2.24) is 5.32 Å². The standard InChI is InChI=1S/C30H47Cl3INO3/c1-20(35-27(36)38-19-30(31,32)33)24-10-11-25-23-9-8-21-18-22(37-17-7-5-4-6-16-34)12-14-28(21,2)26(23)13-15-29(24,25)3/h8,20,22-26H,4-7,9-19H2,1-3H3,(H,35,36)/t20-,22-,23?,24+,25?,26?,28-,29+/m0/s1. The van der Waals surface area contributed by atoms with Gasteiger partial charge in [0.15, 0.2) is 0 Å². The molecule has 4 aliphatic rings. The molecule has 38 heavy (non-hydrogen) atoms. The normalized spacial score (nSPS) is 37.4. The molecule has 8 heteroatoms. The van der Waals surface area contributed by atoms with Gasteiger partial charge in [-0.15, -0.1) is 0 Å². The number of halogens is 4. The number of allylic oxidation sites excluding steroid dienone is 1. The van der Waals surface area contributed by atoms with E-state index in [0.717, 1.165) is 31.3 Å². The van der Waals surface area contributed by atoms with Crippen LogP contribution in [0.4, 0.5) is 4.79 Å². The van der Waals surface area contributed by atoms with Crippen molar-refractivity contribution in [3.8, 4) is 0 Å². The second kappa shape index (κ2) is 13.3. The van der Waals surface area contributed by atoms with Crippen LogP contribution in [0.3, 0.4) is 0 Å². The van der Waals surface area contributed by atoms with Crippen molar-refractivity contribution in [2.45, 2.75) is 114 Å². The van der Waals surface area contributed by atoms with E-state index in [1.165, 1.54) is 68.6 Å². The molecule has 218 valence electrons. The van der Waals surface area contributed by atoms with Crippen molar-refractivity contribution < 1.29 is 14.3 Å². The van der Waals surface area contributed by atoms with E-state index in [-0.39, 0.29) is 18.1 Å². The van der Waals surface area contributed by atoms with Crippen molar-refractivity contribution in [3.63, 3.8) is 0 Å². The van der Waals surface area contributed by atoms with Gasteiger partial charge in [-0.1, -0.05) is 95.7 Å². The van der Waals surface area contributed by atoms with E-state index in [2.05, 4.69) is 54.8 Å². The van der Waals surface area contributed by atoms with Crippen LogP contribution in [0.2, 0.25) is 0 Å². The molecule has 1 amide bonds. The third kappa shape index (κ3) is 7.13. The molecule has 4 rings (SSSR count). The van der Waals surface area contributed by atoms with Gasteiger partial charge in [0.2, 0.25) is 3.79 Å². The first kappa shape index (κ1) is 31.5. The molecule has 8 atom stereocenters. The van der Waals surface area contributed by atoms with Crippen molar-refractivity contribution >= 4 is 63.5 Å². The predicted molar refractivity (Wildman–Crippen MR) is 167 cm³/mol. The molecule has 0 heterocycles. The van der Waals surface area contributed by atoms with Crippen LogP contribution >= 0.6 is 57.4 Å². The van der Waals surface area contributed by atoms with Gasteiger partial charge in [-0.3, -0.25) is 0 Å². The fourth-order valence-corrected chi connectivity index (χ4v) is 9.61. The Labute approximate surface area is 259 Å². The highest BCUT2D eigenvalue weighted by molar-refractivity contribution is 14.1. The first-order chi connectivity index (χ1) is 18.0. The lowest BCUT2D eigenvalue weighted by Gasteiger charge is -2.58. The van der Waals surface area contributed by atoms with Crippen LogP contribution in [0.1, 0.15) is 97.8 Å². The molecule has 3 saturated carbocycles. The van der Waals surface area contributed by atoms with Crippen LogP contribution in [0.5, 0.6) is 0 Å². The molecule has 0 aromatic rings. The molecule has 1 N–H and O–H groups in total. The van der Waals surface area contributed by atoms with Crippen LogP contribution in [0.25, 0.3) is 0 Å². The zero-order chi connectivity index (χ0) is 27.6.